The fraction of sp³-hybridized carbons (Fsp3) is 0.571. The second-order valence-corrected chi connectivity index (χ2v) is 5.32. The van der Waals surface area contributed by atoms with Gasteiger partial charge in [0.25, 0.3) is 0 Å². The Morgan fingerprint density at radius 3 is 2.50 bits per heavy atom. The van der Waals surface area contributed by atoms with Gasteiger partial charge in [-0.2, -0.15) is 0 Å². The van der Waals surface area contributed by atoms with Crippen LogP contribution in [0, 0.1) is 6.92 Å². The van der Waals surface area contributed by atoms with Crippen molar-refractivity contribution in [2.24, 2.45) is 0 Å². The average molecular weight is 221 g/mol. The highest BCUT2D eigenvalue weighted by molar-refractivity contribution is 5.24. The van der Waals surface area contributed by atoms with Crippen LogP contribution in [-0.2, 0) is 0 Å². The zero-order valence-corrected chi connectivity index (χ0v) is 11.0. The summed E-state index contributed by atoms with van der Waals surface area (Å²) in [5.74, 6) is 0. The molecule has 0 saturated carbocycles. The normalized spacial score (nSPS) is 14.2. The van der Waals surface area contributed by atoms with Crippen LogP contribution < -0.4 is 0 Å². The summed E-state index contributed by atoms with van der Waals surface area (Å²) in [6.07, 6.45) is 0. The second-order valence-electron chi connectivity index (χ2n) is 5.32. The molecule has 0 heterocycles. The van der Waals surface area contributed by atoms with Crippen molar-refractivity contribution in [2.45, 2.75) is 39.3 Å². The van der Waals surface area contributed by atoms with E-state index in [1.54, 1.807) is 0 Å². The molecule has 1 rings (SSSR count). The molecule has 0 saturated heterocycles. The van der Waals surface area contributed by atoms with Crippen LogP contribution in [-0.4, -0.2) is 29.2 Å². The molecule has 0 fully saturated rings. The lowest BCUT2D eigenvalue weighted by Crippen LogP contribution is -2.37. The smallest absolute Gasteiger partial charge is 0.0718 e. The van der Waals surface area contributed by atoms with E-state index in [4.69, 9.17) is 0 Å². The number of benzene rings is 1. The summed E-state index contributed by atoms with van der Waals surface area (Å²) in [5, 5.41) is 9.80. The Hall–Kier alpha value is -0.860. The quantitative estimate of drug-likeness (QED) is 0.845. The van der Waals surface area contributed by atoms with E-state index in [0.29, 0.717) is 12.6 Å². The molecule has 0 bridgehead atoms. The Labute approximate surface area is 98.9 Å². The number of likely N-dealkylation sites (N-methyl/N-ethyl adjacent to an activating group) is 1. The summed E-state index contributed by atoms with van der Waals surface area (Å²) in [6.45, 7) is 8.62. The molecular formula is C14H23NO. The van der Waals surface area contributed by atoms with Crippen molar-refractivity contribution in [3.05, 3.63) is 35.4 Å². The molecule has 16 heavy (non-hydrogen) atoms. The van der Waals surface area contributed by atoms with Crippen molar-refractivity contribution in [2.75, 3.05) is 13.6 Å². The van der Waals surface area contributed by atoms with Crippen molar-refractivity contribution in [1.29, 1.82) is 0 Å². The number of hydrogen-bond acceptors (Lipinski definition) is 2. The maximum absolute atomic E-state index is 9.80. The zero-order valence-electron chi connectivity index (χ0n) is 11.0. The molecule has 0 aliphatic heterocycles. The number of aliphatic hydroxyl groups is 1. The van der Waals surface area contributed by atoms with Crippen molar-refractivity contribution in [3.63, 3.8) is 0 Å². The van der Waals surface area contributed by atoms with Crippen LogP contribution in [0.4, 0.5) is 0 Å². The largest absolute Gasteiger partial charge is 0.389 e. The monoisotopic (exact) mass is 221 g/mol. The highest BCUT2D eigenvalue weighted by Gasteiger charge is 2.20. The molecule has 2 nitrogen and oxygen atoms in total. The molecule has 2 heteroatoms. The molecule has 0 amide bonds. The summed E-state index contributed by atoms with van der Waals surface area (Å²) >= 11 is 0. The van der Waals surface area contributed by atoms with Gasteiger partial charge in [-0.25, -0.2) is 0 Å². The first-order valence-corrected chi connectivity index (χ1v) is 5.79. The minimum absolute atomic E-state index is 0.325. The molecule has 0 aromatic heterocycles. The molecule has 1 aromatic carbocycles. The molecule has 0 spiro atoms. The Balaban J connectivity index is 2.74. The molecule has 1 aromatic rings. The summed E-state index contributed by atoms with van der Waals surface area (Å²) in [6, 6.07) is 8.85. The van der Waals surface area contributed by atoms with E-state index in [0.717, 1.165) is 0 Å². The Morgan fingerprint density at radius 2 is 2.00 bits per heavy atom. The third-order valence-electron chi connectivity index (χ3n) is 2.82. The molecule has 0 aliphatic carbocycles. The van der Waals surface area contributed by atoms with E-state index in [-0.39, 0.29) is 0 Å². The summed E-state index contributed by atoms with van der Waals surface area (Å²) < 4.78 is 0. The van der Waals surface area contributed by atoms with Gasteiger partial charge in [0.2, 0.25) is 0 Å². The molecule has 1 atom stereocenters. The fourth-order valence-corrected chi connectivity index (χ4v) is 1.93. The highest BCUT2D eigenvalue weighted by atomic mass is 16.3. The molecule has 0 radical (unpaired) electrons. The van der Waals surface area contributed by atoms with Gasteiger partial charge >= 0.3 is 0 Å². The lowest BCUT2D eigenvalue weighted by molar-refractivity contribution is 0.0334. The summed E-state index contributed by atoms with van der Waals surface area (Å²) in [5.41, 5.74) is 1.93. The predicted octanol–water partition coefficient (Wildman–Crippen LogP) is 2.76. The van der Waals surface area contributed by atoms with E-state index in [2.05, 4.69) is 43.0 Å². The van der Waals surface area contributed by atoms with E-state index in [1.165, 1.54) is 11.1 Å². The van der Waals surface area contributed by atoms with Gasteiger partial charge in [-0.05, 0) is 40.3 Å². The van der Waals surface area contributed by atoms with Crippen LogP contribution >= 0.6 is 0 Å². The topological polar surface area (TPSA) is 23.5 Å². The van der Waals surface area contributed by atoms with Gasteiger partial charge in [-0.15, -0.1) is 0 Å². The van der Waals surface area contributed by atoms with E-state index < -0.39 is 5.60 Å². The number of aryl methyl sites for hydroxylation is 1. The Morgan fingerprint density at radius 1 is 1.38 bits per heavy atom. The van der Waals surface area contributed by atoms with E-state index >= 15 is 0 Å². The van der Waals surface area contributed by atoms with Gasteiger partial charge < -0.3 is 5.11 Å². The zero-order chi connectivity index (χ0) is 12.3. The van der Waals surface area contributed by atoms with Gasteiger partial charge in [-0.3, -0.25) is 4.90 Å². The lowest BCUT2D eigenvalue weighted by Gasteiger charge is -2.30. The SMILES string of the molecule is Cc1cccc(C(C)N(C)CC(C)(C)O)c1. The number of hydrogen-bond donors (Lipinski definition) is 1. The highest BCUT2D eigenvalue weighted by Crippen LogP contribution is 2.21. The van der Waals surface area contributed by atoms with Gasteiger partial charge in [0.15, 0.2) is 0 Å². The third-order valence-corrected chi connectivity index (χ3v) is 2.82. The Kier molecular flexibility index (Phi) is 4.11. The van der Waals surface area contributed by atoms with Crippen molar-refractivity contribution < 1.29 is 5.11 Å². The first-order chi connectivity index (χ1) is 7.29. The van der Waals surface area contributed by atoms with Gasteiger partial charge in [0.05, 0.1) is 5.60 Å². The first-order valence-electron chi connectivity index (χ1n) is 5.79. The van der Waals surface area contributed by atoms with Crippen LogP contribution in [0.3, 0.4) is 0 Å². The molecule has 1 N–H and O–H groups in total. The first kappa shape index (κ1) is 13.2. The molecular weight excluding hydrogens is 198 g/mol. The summed E-state index contributed by atoms with van der Waals surface area (Å²) in [7, 11) is 2.05. The van der Waals surface area contributed by atoms with Crippen LogP contribution in [0.5, 0.6) is 0 Å². The van der Waals surface area contributed by atoms with Crippen molar-refractivity contribution in [1.82, 2.24) is 4.90 Å². The summed E-state index contributed by atoms with van der Waals surface area (Å²) in [4.78, 5) is 2.18. The standard InChI is InChI=1S/C14H23NO/c1-11-7-6-8-13(9-11)12(2)15(5)10-14(3,4)16/h6-9,12,16H,10H2,1-5H3. The number of nitrogens with zero attached hydrogens (tertiary/aromatic N) is 1. The minimum atomic E-state index is -0.646. The van der Waals surface area contributed by atoms with Crippen molar-refractivity contribution >= 4 is 0 Å². The van der Waals surface area contributed by atoms with Crippen LogP contribution in [0.1, 0.15) is 37.9 Å². The Bertz CT molecular complexity index is 341. The van der Waals surface area contributed by atoms with Gasteiger partial charge in [0, 0.05) is 12.6 Å². The molecule has 1 unspecified atom stereocenters. The maximum atomic E-state index is 9.80. The average Bonchev–Trinajstić information content (AvgIpc) is 2.14. The lowest BCUT2D eigenvalue weighted by atomic mass is 10.0. The van der Waals surface area contributed by atoms with Gasteiger partial charge in [0.1, 0.15) is 0 Å². The molecule has 90 valence electrons. The van der Waals surface area contributed by atoms with E-state index in [9.17, 15) is 5.11 Å². The van der Waals surface area contributed by atoms with Gasteiger partial charge in [-0.1, -0.05) is 29.8 Å². The number of rotatable bonds is 4. The van der Waals surface area contributed by atoms with E-state index in [1.807, 2.05) is 20.9 Å². The van der Waals surface area contributed by atoms with Crippen LogP contribution in [0.15, 0.2) is 24.3 Å². The van der Waals surface area contributed by atoms with Crippen LogP contribution in [0.25, 0.3) is 0 Å². The molecule has 0 aliphatic rings. The van der Waals surface area contributed by atoms with Crippen molar-refractivity contribution in [3.8, 4) is 0 Å². The predicted molar refractivity (Wildman–Crippen MR) is 68.5 cm³/mol. The fourth-order valence-electron chi connectivity index (χ4n) is 1.93. The maximum Gasteiger partial charge on any atom is 0.0718 e. The second kappa shape index (κ2) is 4.98. The minimum Gasteiger partial charge on any atom is -0.389 e. The third kappa shape index (κ3) is 3.95. The van der Waals surface area contributed by atoms with Crippen LogP contribution in [0.2, 0.25) is 0 Å².